The van der Waals surface area contributed by atoms with Gasteiger partial charge in [-0.3, -0.25) is 19.6 Å². The fourth-order valence-corrected chi connectivity index (χ4v) is 2.20. The van der Waals surface area contributed by atoms with E-state index in [-0.39, 0.29) is 24.6 Å². The highest BCUT2D eigenvalue weighted by Crippen LogP contribution is 2.22. The molecule has 8 heteroatoms. The maximum Gasteiger partial charge on any atom is 0.312 e. The van der Waals surface area contributed by atoms with Gasteiger partial charge in [-0.25, -0.2) is 0 Å². The number of nitrogens with one attached hydrogen (secondary N) is 1. The Morgan fingerprint density at radius 2 is 2.09 bits per heavy atom. The molecule has 22 heavy (non-hydrogen) atoms. The molecule has 1 aromatic carbocycles. The summed E-state index contributed by atoms with van der Waals surface area (Å²) in [5, 5.41) is 17.7. The molecule has 2 aromatic rings. The van der Waals surface area contributed by atoms with Crippen LogP contribution in [0.2, 0.25) is 0 Å². The second-order valence-corrected chi connectivity index (χ2v) is 4.89. The molecule has 116 valence electrons. The highest BCUT2D eigenvalue weighted by atomic mass is 16.6. The minimum atomic E-state index is -0.459. The van der Waals surface area contributed by atoms with Crippen molar-refractivity contribution in [2.24, 2.45) is 0 Å². The van der Waals surface area contributed by atoms with Crippen LogP contribution >= 0.6 is 0 Å². The number of nitrogens with two attached hydrogens (primary N) is 1. The molecule has 3 N–H and O–H groups in total. The van der Waals surface area contributed by atoms with Crippen molar-refractivity contribution in [3.63, 3.8) is 0 Å². The van der Waals surface area contributed by atoms with E-state index in [0.717, 1.165) is 0 Å². The molecule has 0 spiro atoms. The first-order chi connectivity index (χ1) is 10.4. The van der Waals surface area contributed by atoms with Crippen LogP contribution in [0.25, 0.3) is 0 Å². The minimum Gasteiger partial charge on any atom is -0.397 e. The van der Waals surface area contributed by atoms with Gasteiger partial charge in [-0.05, 0) is 26.0 Å². The number of amides is 1. The molecule has 8 nitrogen and oxygen atoms in total. The maximum atomic E-state index is 11.9. The number of para-hydroxylation sites is 2. The van der Waals surface area contributed by atoms with Crippen molar-refractivity contribution in [3.8, 4) is 0 Å². The normalized spacial score (nSPS) is 10.5. The van der Waals surface area contributed by atoms with Crippen molar-refractivity contribution in [3.05, 3.63) is 45.8 Å². The molecule has 1 heterocycles. The lowest BCUT2D eigenvalue weighted by Gasteiger charge is -2.08. The quantitative estimate of drug-likeness (QED) is 0.498. The van der Waals surface area contributed by atoms with Crippen LogP contribution in [0.15, 0.2) is 24.3 Å². The first kappa shape index (κ1) is 15.5. The van der Waals surface area contributed by atoms with Gasteiger partial charge in [-0.2, -0.15) is 5.10 Å². The summed E-state index contributed by atoms with van der Waals surface area (Å²) in [7, 11) is 0. The van der Waals surface area contributed by atoms with E-state index in [1.54, 1.807) is 38.1 Å². The SMILES string of the molecule is Cc1nn(CCC(=O)Nc2ccccc2N)c(C)c1[N+](=O)[O-]. The van der Waals surface area contributed by atoms with E-state index in [1.165, 1.54) is 4.68 Å². The van der Waals surface area contributed by atoms with Crippen LogP contribution < -0.4 is 11.1 Å². The zero-order valence-electron chi connectivity index (χ0n) is 12.4. The van der Waals surface area contributed by atoms with E-state index in [4.69, 9.17) is 5.73 Å². The minimum absolute atomic E-state index is 0.00675. The number of hydrogen-bond acceptors (Lipinski definition) is 5. The molecular weight excluding hydrogens is 286 g/mol. The zero-order valence-corrected chi connectivity index (χ0v) is 12.4. The molecule has 0 saturated carbocycles. The average molecular weight is 303 g/mol. The predicted molar refractivity (Wildman–Crippen MR) is 82.5 cm³/mol. The number of carbonyl (C=O) groups excluding carboxylic acids is 1. The molecule has 0 atom stereocenters. The van der Waals surface area contributed by atoms with Crippen molar-refractivity contribution in [2.45, 2.75) is 26.8 Å². The molecule has 0 aliphatic rings. The van der Waals surface area contributed by atoms with Crippen LogP contribution in [-0.2, 0) is 11.3 Å². The summed E-state index contributed by atoms with van der Waals surface area (Å²) in [6, 6.07) is 6.96. The van der Waals surface area contributed by atoms with Gasteiger partial charge in [0, 0.05) is 6.42 Å². The summed E-state index contributed by atoms with van der Waals surface area (Å²) in [5.74, 6) is -0.229. The Balaban J connectivity index is 2.02. The Morgan fingerprint density at radius 1 is 1.41 bits per heavy atom. The summed E-state index contributed by atoms with van der Waals surface area (Å²) in [6.07, 6.45) is 0.146. The maximum absolute atomic E-state index is 11.9. The van der Waals surface area contributed by atoms with Crippen molar-refractivity contribution >= 4 is 23.0 Å². The highest BCUT2D eigenvalue weighted by Gasteiger charge is 2.21. The number of benzene rings is 1. The van der Waals surface area contributed by atoms with Gasteiger partial charge < -0.3 is 11.1 Å². The van der Waals surface area contributed by atoms with Crippen molar-refractivity contribution in [2.75, 3.05) is 11.1 Å². The third-order valence-corrected chi connectivity index (χ3v) is 3.31. The summed E-state index contributed by atoms with van der Waals surface area (Å²) in [5.41, 5.74) is 7.56. The van der Waals surface area contributed by atoms with Crippen LogP contribution in [-0.4, -0.2) is 20.6 Å². The lowest BCUT2D eigenvalue weighted by atomic mass is 10.2. The van der Waals surface area contributed by atoms with E-state index in [1.807, 2.05) is 0 Å². The van der Waals surface area contributed by atoms with Gasteiger partial charge in [-0.15, -0.1) is 0 Å². The topological polar surface area (TPSA) is 116 Å². The molecule has 0 unspecified atom stereocenters. The highest BCUT2D eigenvalue weighted by molar-refractivity contribution is 5.93. The first-order valence-electron chi connectivity index (χ1n) is 6.73. The van der Waals surface area contributed by atoms with Crippen LogP contribution in [0.3, 0.4) is 0 Å². The van der Waals surface area contributed by atoms with Gasteiger partial charge in [0.1, 0.15) is 11.4 Å². The van der Waals surface area contributed by atoms with Crippen molar-refractivity contribution < 1.29 is 9.72 Å². The third-order valence-electron chi connectivity index (χ3n) is 3.31. The van der Waals surface area contributed by atoms with Crippen LogP contribution in [0.5, 0.6) is 0 Å². The van der Waals surface area contributed by atoms with Crippen LogP contribution in [0.4, 0.5) is 17.1 Å². The van der Waals surface area contributed by atoms with Gasteiger partial charge in [0.05, 0.1) is 22.8 Å². The second kappa shape index (κ2) is 6.25. The number of hydrogen-bond donors (Lipinski definition) is 2. The van der Waals surface area contributed by atoms with Crippen molar-refractivity contribution in [1.29, 1.82) is 0 Å². The van der Waals surface area contributed by atoms with E-state index < -0.39 is 4.92 Å². The fourth-order valence-electron chi connectivity index (χ4n) is 2.20. The Morgan fingerprint density at radius 3 is 2.68 bits per heavy atom. The summed E-state index contributed by atoms with van der Waals surface area (Å²) >= 11 is 0. The van der Waals surface area contributed by atoms with Crippen LogP contribution in [0.1, 0.15) is 17.8 Å². The number of nitro groups is 1. The van der Waals surface area contributed by atoms with Gasteiger partial charge in [0.2, 0.25) is 5.91 Å². The fraction of sp³-hybridized carbons (Fsp3) is 0.286. The zero-order chi connectivity index (χ0) is 16.3. The molecule has 1 aromatic heterocycles. The number of rotatable bonds is 5. The molecule has 0 saturated heterocycles. The van der Waals surface area contributed by atoms with E-state index >= 15 is 0 Å². The Kier molecular flexibility index (Phi) is 4.40. The van der Waals surface area contributed by atoms with Gasteiger partial charge >= 0.3 is 5.69 Å². The number of aryl methyl sites for hydroxylation is 2. The molecule has 0 fully saturated rings. The molecule has 2 rings (SSSR count). The Bertz CT molecular complexity index is 723. The van der Waals surface area contributed by atoms with Crippen LogP contribution in [0, 0.1) is 24.0 Å². The number of nitrogen functional groups attached to an aromatic ring is 1. The molecule has 0 aliphatic heterocycles. The van der Waals surface area contributed by atoms with Gasteiger partial charge in [-0.1, -0.05) is 12.1 Å². The molecule has 1 amide bonds. The second-order valence-electron chi connectivity index (χ2n) is 4.89. The number of aromatic nitrogens is 2. The van der Waals surface area contributed by atoms with Gasteiger partial charge in [0.25, 0.3) is 0 Å². The summed E-state index contributed by atoms with van der Waals surface area (Å²) in [6.45, 7) is 3.46. The molecule has 0 radical (unpaired) electrons. The predicted octanol–water partition coefficient (Wildman–Crippen LogP) is 2.02. The molecule has 0 aliphatic carbocycles. The lowest BCUT2D eigenvalue weighted by molar-refractivity contribution is -0.386. The Labute approximate surface area is 127 Å². The number of anilines is 2. The molecule has 0 bridgehead atoms. The Hall–Kier alpha value is -2.90. The van der Waals surface area contributed by atoms with Crippen molar-refractivity contribution in [1.82, 2.24) is 9.78 Å². The average Bonchev–Trinajstić information content (AvgIpc) is 2.73. The van der Waals surface area contributed by atoms with E-state index in [0.29, 0.717) is 22.8 Å². The van der Waals surface area contributed by atoms with E-state index in [9.17, 15) is 14.9 Å². The number of carbonyl (C=O) groups is 1. The first-order valence-corrected chi connectivity index (χ1v) is 6.73. The number of nitrogens with zero attached hydrogens (tertiary/aromatic N) is 3. The monoisotopic (exact) mass is 303 g/mol. The largest absolute Gasteiger partial charge is 0.397 e. The third kappa shape index (κ3) is 3.22. The summed E-state index contributed by atoms with van der Waals surface area (Å²) < 4.78 is 1.47. The summed E-state index contributed by atoms with van der Waals surface area (Å²) in [4.78, 5) is 22.4. The van der Waals surface area contributed by atoms with Gasteiger partial charge in [0.15, 0.2) is 0 Å². The standard InChI is InChI=1S/C14H17N5O3/c1-9-14(19(21)22)10(2)18(17-9)8-7-13(20)16-12-6-4-3-5-11(12)15/h3-6H,7-8,15H2,1-2H3,(H,16,20). The van der Waals surface area contributed by atoms with E-state index in [2.05, 4.69) is 10.4 Å². The molecular formula is C14H17N5O3. The lowest BCUT2D eigenvalue weighted by Crippen LogP contribution is -2.16. The smallest absolute Gasteiger partial charge is 0.312 e.